The Hall–Kier alpha value is -2.27. The van der Waals surface area contributed by atoms with Gasteiger partial charge in [0.05, 0.1) is 13.7 Å². The van der Waals surface area contributed by atoms with E-state index >= 15 is 0 Å². The Morgan fingerprint density at radius 3 is 2.90 bits per heavy atom. The Labute approximate surface area is 127 Å². The van der Waals surface area contributed by atoms with Crippen LogP contribution < -0.4 is 9.47 Å². The van der Waals surface area contributed by atoms with Crippen molar-refractivity contribution >= 4 is 23.4 Å². The Balaban J connectivity index is 2.07. The van der Waals surface area contributed by atoms with Gasteiger partial charge in [-0.3, -0.25) is 0 Å². The molecule has 0 spiro atoms. The van der Waals surface area contributed by atoms with Crippen LogP contribution in [-0.2, 0) is 11.2 Å². The highest BCUT2D eigenvalue weighted by atomic mass is 32.1. The monoisotopic (exact) mass is 304 g/mol. The van der Waals surface area contributed by atoms with E-state index in [0.717, 1.165) is 12.5 Å². The van der Waals surface area contributed by atoms with Crippen LogP contribution in [0.4, 0.5) is 0 Å². The van der Waals surface area contributed by atoms with Crippen molar-refractivity contribution in [2.45, 2.75) is 6.42 Å². The lowest BCUT2D eigenvalue weighted by atomic mass is 10.1. The van der Waals surface area contributed by atoms with E-state index in [2.05, 4.69) is 6.07 Å². The molecule has 0 aliphatic heterocycles. The van der Waals surface area contributed by atoms with E-state index in [1.165, 1.54) is 11.0 Å². The van der Waals surface area contributed by atoms with Crippen molar-refractivity contribution in [3.63, 3.8) is 0 Å². The molecule has 0 amide bonds. The molecule has 0 unspecified atom stereocenters. The number of benzene rings is 1. The molecular weight excluding hydrogens is 288 g/mol. The van der Waals surface area contributed by atoms with Crippen molar-refractivity contribution in [2.24, 2.45) is 0 Å². The molecule has 1 N–H and O–H groups in total. The minimum absolute atomic E-state index is 0.542. The van der Waals surface area contributed by atoms with Crippen LogP contribution in [-0.4, -0.2) is 24.8 Å². The molecule has 0 bridgehead atoms. The Bertz CT molecular complexity index is 617. The number of hydrogen-bond donors (Lipinski definition) is 1. The molecular formula is C16H16O4S. The molecule has 1 heterocycles. The topological polar surface area (TPSA) is 55.8 Å². The number of thiophene rings is 1. The fourth-order valence-corrected chi connectivity index (χ4v) is 2.48. The molecule has 0 fully saturated rings. The van der Waals surface area contributed by atoms with Gasteiger partial charge in [-0.15, -0.1) is 11.3 Å². The highest BCUT2D eigenvalue weighted by Gasteiger charge is 2.04. The second kappa shape index (κ2) is 7.50. The average Bonchev–Trinajstić information content (AvgIpc) is 2.99. The van der Waals surface area contributed by atoms with Gasteiger partial charge >= 0.3 is 5.97 Å². The van der Waals surface area contributed by atoms with Gasteiger partial charge in [-0.05, 0) is 35.7 Å². The average molecular weight is 304 g/mol. The van der Waals surface area contributed by atoms with Crippen molar-refractivity contribution in [1.29, 1.82) is 0 Å². The highest BCUT2D eigenvalue weighted by Crippen LogP contribution is 2.25. The summed E-state index contributed by atoms with van der Waals surface area (Å²) in [7, 11) is 1.57. The van der Waals surface area contributed by atoms with E-state index in [4.69, 9.17) is 14.6 Å². The van der Waals surface area contributed by atoms with Crippen LogP contribution >= 0.6 is 11.3 Å². The zero-order chi connectivity index (χ0) is 15.1. The van der Waals surface area contributed by atoms with Crippen LogP contribution in [0.1, 0.15) is 10.4 Å². The number of carboxylic acids is 1. The molecule has 5 heteroatoms. The van der Waals surface area contributed by atoms with Crippen LogP contribution in [0, 0.1) is 0 Å². The summed E-state index contributed by atoms with van der Waals surface area (Å²) < 4.78 is 10.9. The summed E-state index contributed by atoms with van der Waals surface area (Å²) in [6.07, 6.45) is 3.41. The number of hydrogen-bond acceptors (Lipinski definition) is 4. The van der Waals surface area contributed by atoms with Gasteiger partial charge in [0.1, 0.15) is 11.5 Å². The molecule has 2 rings (SSSR count). The quantitative estimate of drug-likeness (QED) is 0.796. The summed E-state index contributed by atoms with van der Waals surface area (Å²) in [5, 5.41) is 10.8. The van der Waals surface area contributed by atoms with Gasteiger partial charge in [-0.25, -0.2) is 4.79 Å². The van der Waals surface area contributed by atoms with Gasteiger partial charge in [0, 0.05) is 22.9 Å². The van der Waals surface area contributed by atoms with E-state index in [1.54, 1.807) is 36.6 Å². The zero-order valence-electron chi connectivity index (χ0n) is 11.6. The summed E-state index contributed by atoms with van der Waals surface area (Å²) in [4.78, 5) is 11.9. The number of ether oxygens (including phenoxy) is 2. The van der Waals surface area contributed by atoms with Crippen molar-refractivity contribution in [3.05, 3.63) is 52.2 Å². The molecule has 0 saturated heterocycles. The number of rotatable bonds is 7. The second-order valence-corrected chi connectivity index (χ2v) is 5.29. The molecule has 0 aliphatic rings. The van der Waals surface area contributed by atoms with Gasteiger partial charge < -0.3 is 14.6 Å². The molecule has 4 nitrogen and oxygen atoms in total. The first-order chi connectivity index (χ1) is 10.2. The van der Waals surface area contributed by atoms with Crippen LogP contribution in [0.3, 0.4) is 0 Å². The van der Waals surface area contributed by atoms with Crippen LogP contribution in [0.5, 0.6) is 11.5 Å². The highest BCUT2D eigenvalue weighted by molar-refractivity contribution is 7.09. The summed E-state index contributed by atoms with van der Waals surface area (Å²) in [6, 6.07) is 9.40. The van der Waals surface area contributed by atoms with Crippen molar-refractivity contribution in [3.8, 4) is 11.5 Å². The SMILES string of the molecule is COc1ccc(OCCc2cccs2)c(C=CC(=O)O)c1. The largest absolute Gasteiger partial charge is 0.497 e. The van der Waals surface area contributed by atoms with Crippen LogP contribution in [0.15, 0.2) is 41.8 Å². The van der Waals surface area contributed by atoms with Crippen LogP contribution in [0.25, 0.3) is 6.08 Å². The van der Waals surface area contributed by atoms with Crippen molar-refractivity contribution < 1.29 is 19.4 Å². The third-order valence-corrected chi connectivity index (χ3v) is 3.74. The predicted octanol–water partition coefficient (Wildman–Crippen LogP) is 3.48. The van der Waals surface area contributed by atoms with E-state index in [9.17, 15) is 4.79 Å². The molecule has 0 atom stereocenters. The minimum atomic E-state index is -0.998. The fraction of sp³-hybridized carbons (Fsp3) is 0.188. The van der Waals surface area contributed by atoms with Crippen molar-refractivity contribution in [2.75, 3.05) is 13.7 Å². The first kappa shape index (κ1) is 15.1. The Morgan fingerprint density at radius 2 is 2.24 bits per heavy atom. The number of methoxy groups -OCH3 is 1. The van der Waals surface area contributed by atoms with Gasteiger partial charge in [0.2, 0.25) is 0 Å². The Morgan fingerprint density at radius 1 is 1.38 bits per heavy atom. The second-order valence-electron chi connectivity index (χ2n) is 4.25. The van der Waals surface area contributed by atoms with E-state index in [1.807, 2.05) is 11.4 Å². The fourth-order valence-electron chi connectivity index (χ4n) is 1.79. The minimum Gasteiger partial charge on any atom is -0.497 e. The lowest BCUT2D eigenvalue weighted by molar-refractivity contribution is -0.131. The number of aliphatic carboxylic acids is 1. The maximum Gasteiger partial charge on any atom is 0.328 e. The summed E-state index contributed by atoms with van der Waals surface area (Å²) in [5.74, 6) is 0.304. The van der Waals surface area contributed by atoms with Gasteiger partial charge in [0.25, 0.3) is 0 Å². The normalized spacial score (nSPS) is 10.7. The predicted molar refractivity (Wildman–Crippen MR) is 83.2 cm³/mol. The molecule has 0 radical (unpaired) electrons. The third-order valence-electron chi connectivity index (χ3n) is 2.81. The zero-order valence-corrected chi connectivity index (χ0v) is 12.4. The lowest BCUT2D eigenvalue weighted by Gasteiger charge is -2.10. The summed E-state index contributed by atoms with van der Waals surface area (Å²) >= 11 is 1.69. The molecule has 1 aromatic heterocycles. The molecule has 0 saturated carbocycles. The van der Waals surface area contributed by atoms with Crippen LogP contribution in [0.2, 0.25) is 0 Å². The van der Waals surface area contributed by atoms with Crippen molar-refractivity contribution in [1.82, 2.24) is 0 Å². The maximum atomic E-state index is 10.7. The molecule has 2 aromatic rings. The first-order valence-electron chi connectivity index (χ1n) is 6.43. The third kappa shape index (κ3) is 4.65. The standard InChI is InChI=1S/C16H16O4S/c1-19-13-5-6-15(12(11-13)4-7-16(17)18)20-9-8-14-3-2-10-21-14/h2-7,10-11H,8-9H2,1H3,(H,17,18). The van der Waals surface area contributed by atoms with E-state index < -0.39 is 5.97 Å². The first-order valence-corrected chi connectivity index (χ1v) is 7.31. The summed E-state index contributed by atoms with van der Waals surface area (Å²) in [5.41, 5.74) is 0.683. The summed E-state index contributed by atoms with van der Waals surface area (Å²) in [6.45, 7) is 0.542. The lowest BCUT2D eigenvalue weighted by Crippen LogP contribution is -2.01. The Kier molecular flexibility index (Phi) is 5.40. The molecule has 0 aliphatic carbocycles. The smallest absolute Gasteiger partial charge is 0.328 e. The molecule has 21 heavy (non-hydrogen) atoms. The van der Waals surface area contributed by atoms with E-state index in [-0.39, 0.29) is 0 Å². The van der Waals surface area contributed by atoms with E-state index in [0.29, 0.717) is 23.7 Å². The molecule has 110 valence electrons. The number of carboxylic acid groups (broad SMARTS) is 1. The van der Waals surface area contributed by atoms with Gasteiger partial charge in [0.15, 0.2) is 0 Å². The van der Waals surface area contributed by atoms with Gasteiger partial charge in [-0.1, -0.05) is 6.07 Å². The number of carbonyl (C=O) groups is 1. The van der Waals surface area contributed by atoms with Gasteiger partial charge in [-0.2, -0.15) is 0 Å². The molecule has 1 aromatic carbocycles. The maximum absolute atomic E-state index is 10.7.